The molecule has 0 aromatic heterocycles. The Labute approximate surface area is 611 Å². The summed E-state index contributed by atoms with van der Waals surface area (Å²) >= 11 is 15.2. The van der Waals surface area contributed by atoms with Crippen LogP contribution >= 0.6 is 23.2 Å². The third-order valence-electron chi connectivity index (χ3n) is 20.3. The lowest BCUT2D eigenvalue weighted by Crippen LogP contribution is -2.26. The number of halogens is 2. The van der Waals surface area contributed by atoms with Crippen LogP contribution in [0.1, 0.15) is 22.3 Å². The molecule has 4 nitrogen and oxygen atoms in total. The number of fused-ring (bicyclic) bond motifs is 10. The summed E-state index contributed by atoms with van der Waals surface area (Å²) in [5, 5.41) is 1.20. The highest BCUT2D eigenvalue weighted by Gasteiger charge is 2.52. The van der Waals surface area contributed by atoms with E-state index in [-0.39, 0.29) is 0 Å². The predicted octanol–water partition coefficient (Wildman–Crippen LogP) is 27.9. The van der Waals surface area contributed by atoms with E-state index in [0.29, 0.717) is 10.0 Å². The lowest BCUT2D eigenvalue weighted by molar-refractivity contribution is 0.793. The van der Waals surface area contributed by atoms with Crippen molar-refractivity contribution in [2.24, 2.45) is 0 Å². The molecule has 0 unspecified atom stereocenters. The third kappa shape index (κ3) is 11.3. The van der Waals surface area contributed by atoms with Gasteiger partial charge in [-0.25, -0.2) is 0 Å². The zero-order valence-corrected chi connectivity index (χ0v) is 57.7. The highest BCUT2D eigenvalue weighted by atomic mass is 35.5. The molecule has 0 bridgehead atoms. The molecule has 0 heterocycles. The molecule has 0 N–H and O–H groups in total. The van der Waals surface area contributed by atoms with Crippen molar-refractivity contribution in [2.45, 2.75) is 5.41 Å². The first-order chi connectivity index (χ1) is 50.9. The van der Waals surface area contributed by atoms with Crippen LogP contribution in [-0.2, 0) is 5.41 Å². The van der Waals surface area contributed by atoms with Crippen molar-refractivity contribution < 1.29 is 0 Å². The monoisotopic (exact) mass is 1360 g/mol. The molecule has 16 aromatic carbocycles. The highest BCUT2D eigenvalue weighted by Crippen LogP contribution is 2.64. The average molecular weight is 1360 g/mol. The van der Waals surface area contributed by atoms with Crippen LogP contribution in [-0.4, -0.2) is 0 Å². The summed E-state index contributed by atoms with van der Waals surface area (Å²) in [7, 11) is 0. The molecule has 1 spiro atoms. The maximum Gasteiger partial charge on any atom is 0.0727 e. The average Bonchev–Trinajstić information content (AvgIpc) is 1.51. The maximum atomic E-state index is 7.62. The molecule has 0 saturated heterocycles. The van der Waals surface area contributed by atoms with Crippen molar-refractivity contribution >= 4 is 91.5 Å². The number of para-hydroxylation sites is 4. The predicted molar refractivity (Wildman–Crippen MR) is 433 cm³/mol. The molecule has 103 heavy (non-hydrogen) atoms. The van der Waals surface area contributed by atoms with E-state index in [0.717, 1.165) is 113 Å². The molecule has 18 rings (SSSR count). The van der Waals surface area contributed by atoms with Crippen molar-refractivity contribution in [2.75, 3.05) is 19.6 Å². The molecule has 0 saturated carbocycles. The first-order valence-electron chi connectivity index (χ1n) is 34.9. The quantitative estimate of drug-likeness (QED) is 0.0956. The Bertz CT molecular complexity index is 5420. The standard InChI is InChI=1S/C97H66Cl2N4/c98-73-59-81(63-83(61-73)102(77-51-47-69(48-52-77)67-27-7-1-8-28-67)95-45-25-21-39-85(95)71-31-11-3-12-32-71)100(75-35-15-5-16-36-75)79-55-57-89-87-41-19-23-43-91(87)97(93(89)65-79)92-44-24-20-42-88(92)90-58-56-80(66-94(90)97)101(76-37-17-6-18-38-76)82-60-74(99)62-84(64-82)103(78-53-49-70(50-54-78)68-29-9-2-10-30-68)96-46-26-22-40-86(96)72-33-13-4-14-34-72/h1-66H. The van der Waals surface area contributed by atoms with E-state index < -0.39 is 5.41 Å². The molecular formula is C97H66Cl2N4. The third-order valence-corrected chi connectivity index (χ3v) is 20.7. The lowest BCUT2D eigenvalue weighted by atomic mass is 9.70. The van der Waals surface area contributed by atoms with Crippen LogP contribution in [0.3, 0.4) is 0 Å². The fourth-order valence-corrected chi connectivity index (χ4v) is 16.3. The fraction of sp³-hybridized carbons (Fsp3) is 0.0103. The van der Waals surface area contributed by atoms with Gasteiger partial charge in [0.2, 0.25) is 0 Å². The van der Waals surface area contributed by atoms with Crippen molar-refractivity contribution in [3.05, 3.63) is 433 Å². The van der Waals surface area contributed by atoms with E-state index in [1.54, 1.807) is 0 Å². The zero-order chi connectivity index (χ0) is 68.8. The Kier molecular flexibility index (Phi) is 16.3. The van der Waals surface area contributed by atoms with Gasteiger partial charge in [0.25, 0.3) is 0 Å². The lowest BCUT2D eigenvalue weighted by Gasteiger charge is -2.34. The van der Waals surface area contributed by atoms with Gasteiger partial charge in [0.1, 0.15) is 0 Å². The molecule has 2 aliphatic carbocycles. The highest BCUT2D eigenvalue weighted by molar-refractivity contribution is 6.31. The van der Waals surface area contributed by atoms with E-state index in [1.165, 1.54) is 44.5 Å². The Morgan fingerprint density at radius 3 is 0.796 bits per heavy atom. The second kappa shape index (κ2) is 26.8. The minimum absolute atomic E-state index is 0.602. The number of hydrogen-bond donors (Lipinski definition) is 0. The van der Waals surface area contributed by atoms with Gasteiger partial charge < -0.3 is 19.6 Å². The Morgan fingerprint density at radius 2 is 0.427 bits per heavy atom. The molecule has 0 atom stereocenters. The molecule has 0 fully saturated rings. The van der Waals surface area contributed by atoms with Gasteiger partial charge in [-0.1, -0.05) is 302 Å². The van der Waals surface area contributed by atoms with E-state index in [1.807, 2.05) is 0 Å². The number of benzene rings is 16. The summed E-state index contributed by atoms with van der Waals surface area (Å²) < 4.78 is 0. The van der Waals surface area contributed by atoms with Crippen molar-refractivity contribution in [3.63, 3.8) is 0 Å². The minimum Gasteiger partial charge on any atom is -0.310 e. The van der Waals surface area contributed by atoms with Gasteiger partial charge in [0, 0.05) is 78.0 Å². The Hall–Kier alpha value is -12.7. The molecule has 0 amide bonds. The number of nitrogens with zero attached hydrogens (tertiary/aromatic N) is 4. The van der Waals surface area contributed by atoms with Crippen molar-refractivity contribution in [1.29, 1.82) is 0 Å². The molecule has 16 aromatic rings. The fourth-order valence-electron chi connectivity index (χ4n) is 15.9. The number of anilines is 12. The largest absolute Gasteiger partial charge is 0.310 e. The van der Waals surface area contributed by atoms with E-state index >= 15 is 0 Å². The molecular weight excluding hydrogens is 1290 g/mol. The normalized spacial score (nSPS) is 12.1. The van der Waals surface area contributed by atoms with E-state index in [9.17, 15) is 0 Å². The number of rotatable bonds is 16. The molecule has 6 heteroatoms. The van der Waals surface area contributed by atoms with Crippen LogP contribution in [0.15, 0.2) is 400 Å². The van der Waals surface area contributed by atoms with Crippen LogP contribution < -0.4 is 19.6 Å². The van der Waals surface area contributed by atoms with Crippen molar-refractivity contribution in [1.82, 2.24) is 0 Å². The maximum absolute atomic E-state index is 7.62. The molecule has 2 aliphatic rings. The van der Waals surface area contributed by atoms with Gasteiger partial charge >= 0.3 is 0 Å². The summed E-state index contributed by atoms with van der Waals surface area (Å²) in [5.74, 6) is 0. The zero-order valence-electron chi connectivity index (χ0n) is 56.1. The topological polar surface area (TPSA) is 13.0 Å². The van der Waals surface area contributed by atoms with Crippen LogP contribution in [0.5, 0.6) is 0 Å². The van der Waals surface area contributed by atoms with Gasteiger partial charge in [-0.2, -0.15) is 0 Å². The van der Waals surface area contributed by atoms with Gasteiger partial charge in [-0.3, -0.25) is 0 Å². The van der Waals surface area contributed by atoms with Crippen LogP contribution in [0.25, 0.3) is 66.8 Å². The smallest absolute Gasteiger partial charge is 0.0727 e. The summed E-state index contributed by atoms with van der Waals surface area (Å²) in [6, 6.07) is 144. The molecule has 0 radical (unpaired) electrons. The summed E-state index contributed by atoms with van der Waals surface area (Å²) in [5.41, 5.74) is 29.5. The SMILES string of the molecule is Clc1cc(N(c2ccccc2)c2ccc3c(c2)C2(c4ccccc4-3)c3ccccc3-c3ccc(N(c4ccccc4)c4cc(Cl)cc(N(c5ccc(-c6ccccc6)cc5)c5ccccc5-c5ccccc5)c4)cc32)cc(N(c2ccc(-c3ccccc3)cc2)c2ccccc2-c2ccccc2)c1. The summed E-state index contributed by atoms with van der Waals surface area (Å²) in [6.07, 6.45) is 0. The first-order valence-corrected chi connectivity index (χ1v) is 35.7. The van der Waals surface area contributed by atoms with Crippen LogP contribution in [0, 0.1) is 0 Å². The van der Waals surface area contributed by atoms with Gasteiger partial charge in [-0.15, -0.1) is 0 Å². The molecule has 0 aliphatic heterocycles. The second-order valence-corrected chi connectivity index (χ2v) is 27.1. The van der Waals surface area contributed by atoms with Gasteiger partial charge in [0.15, 0.2) is 0 Å². The number of hydrogen-bond acceptors (Lipinski definition) is 4. The summed E-state index contributed by atoms with van der Waals surface area (Å²) in [6.45, 7) is 0. The van der Waals surface area contributed by atoms with Crippen molar-refractivity contribution in [3.8, 4) is 66.8 Å². The molecule has 488 valence electrons. The van der Waals surface area contributed by atoms with E-state index in [2.05, 4.69) is 420 Å². The Morgan fingerprint density at radius 1 is 0.165 bits per heavy atom. The summed E-state index contributed by atoms with van der Waals surface area (Å²) in [4.78, 5) is 9.44. The van der Waals surface area contributed by atoms with Crippen LogP contribution in [0.4, 0.5) is 68.2 Å². The van der Waals surface area contributed by atoms with Gasteiger partial charge in [-0.05, 0) is 199 Å². The van der Waals surface area contributed by atoms with E-state index in [4.69, 9.17) is 23.2 Å². The van der Waals surface area contributed by atoms with Gasteiger partial charge in [0.05, 0.1) is 16.8 Å². The first kappa shape index (κ1) is 62.5. The minimum atomic E-state index is -0.763. The second-order valence-electron chi connectivity index (χ2n) is 26.2. The Balaban J connectivity index is 0.808. The van der Waals surface area contributed by atoms with Crippen LogP contribution in [0.2, 0.25) is 10.0 Å².